The first-order valence-electron chi connectivity index (χ1n) is 10.9. The smallest absolute Gasteiger partial charge is 0.335 e. The number of anilines is 2. The quantitative estimate of drug-likeness (QED) is 0.228. The average molecular weight is 682 g/mol. The number of rotatable bonds is 6. The van der Waals surface area contributed by atoms with Crippen LogP contribution in [0.15, 0.2) is 69.1 Å². The van der Waals surface area contributed by atoms with Crippen LogP contribution in [-0.2, 0) is 14.4 Å². The third kappa shape index (κ3) is 6.10. The molecule has 0 bridgehead atoms. The van der Waals surface area contributed by atoms with Crippen molar-refractivity contribution in [3.8, 4) is 5.75 Å². The van der Waals surface area contributed by atoms with E-state index in [9.17, 15) is 19.2 Å². The highest BCUT2D eigenvalue weighted by atomic mass is 79.9. The van der Waals surface area contributed by atoms with Gasteiger partial charge in [0.05, 0.1) is 20.9 Å². The van der Waals surface area contributed by atoms with Crippen molar-refractivity contribution >= 4 is 96.3 Å². The first-order chi connectivity index (χ1) is 18.0. The van der Waals surface area contributed by atoms with Crippen LogP contribution in [0.25, 0.3) is 6.08 Å². The molecule has 1 fully saturated rings. The normalized spacial score (nSPS) is 14.5. The number of nitrogens with zero attached hydrogens (tertiary/aromatic N) is 1. The number of halogens is 4. The van der Waals surface area contributed by atoms with Crippen molar-refractivity contribution in [2.45, 2.75) is 6.92 Å². The molecule has 1 aliphatic heterocycles. The van der Waals surface area contributed by atoms with Gasteiger partial charge in [0.1, 0.15) is 11.3 Å². The molecule has 1 saturated heterocycles. The van der Waals surface area contributed by atoms with Gasteiger partial charge in [-0.2, -0.15) is 0 Å². The molecule has 12 heteroatoms. The average Bonchev–Trinajstić information content (AvgIpc) is 2.84. The molecule has 0 spiro atoms. The summed E-state index contributed by atoms with van der Waals surface area (Å²) in [6.45, 7) is 1.38. The summed E-state index contributed by atoms with van der Waals surface area (Å²) in [6, 6.07) is 13.8. The Morgan fingerprint density at radius 3 is 2.50 bits per heavy atom. The fourth-order valence-corrected chi connectivity index (χ4v) is 5.23. The lowest BCUT2D eigenvalue weighted by Gasteiger charge is -2.26. The molecule has 0 saturated carbocycles. The summed E-state index contributed by atoms with van der Waals surface area (Å²) in [5.74, 6) is -2.02. The Morgan fingerprint density at radius 1 is 1.05 bits per heavy atom. The lowest BCUT2D eigenvalue weighted by atomic mass is 10.1. The highest BCUT2D eigenvalue weighted by Gasteiger charge is 2.37. The van der Waals surface area contributed by atoms with Crippen molar-refractivity contribution in [3.63, 3.8) is 0 Å². The minimum atomic E-state index is -0.903. The number of ether oxygens (including phenoxy) is 1. The molecule has 194 valence electrons. The van der Waals surface area contributed by atoms with Gasteiger partial charge in [-0.25, -0.2) is 9.69 Å². The second-order valence-electron chi connectivity index (χ2n) is 8.01. The number of urea groups is 1. The van der Waals surface area contributed by atoms with Crippen LogP contribution in [0.3, 0.4) is 0 Å². The van der Waals surface area contributed by atoms with Gasteiger partial charge < -0.3 is 10.1 Å². The van der Waals surface area contributed by atoms with Crippen molar-refractivity contribution in [2.24, 2.45) is 0 Å². The van der Waals surface area contributed by atoms with Crippen molar-refractivity contribution in [1.29, 1.82) is 0 Å². The van der Waals surface area contributed by atoms with Crippen LogP contribution in [0, 0.1) is 6.92 Å². The van der Waals surface area contributed by atoms with Crippen LogP contribution >= 0.6 is 55.1 Å². The molecule has 1 heterocycles. The number of nitrogens with one attached hydrogen (secondary N) is 2. The summed E-state index contributed by atoms with van der Waals surface area (Å²) in [5.41, 5.74) is 1.35. The van der Waals surface area contributed by atoms with Crippen LogP contribution in [-0.4, -0.2) is 30.4 Å². The van der Waals surface area contributed by atoms with Gasteiger partial charge in [0.2, 0.25) is 0 Å². The van der Waals surface area contributed by atoms with E-state index in [1.165, 1.54) is 12.1 Å². The number of hydrogen-bond acceptors (Lipinski definition) is 5. The molecule has 0 atom stereocenters. The Labute approximate surface area is 244 Å². The van der Waals surface area contributed by atoms with Gasteiger partial charge in [-0.05, 0) is 70.9 Å². The van der Waals surface area contributed by atoms with Crippen molar-refractivity contribution in [3.05, 3.63) is 90.3 Å². The predicted octanol–water partition coefficient (Wildman–Crippen LogP) is 6.51. The molecule has 0 aliphatic carbocycles. The van der Waals surface area contributed by atoms with E-state index in [0.29, 0.717) is 30.2 Å². The van der Waals surface area contributed by atoms with Crippen LogP contribution < -0.4 is 20.3 Å². The summed E-state index contributed by atoms with van der Waals surface area (Å²) in [7, 11) is 0. The summed E-state index contributed by atoms with van der Waals surface area (Å²) in [4.78, 5) is 51.9. The summed E-state index contributed by atoms with van der Waals surface area (Å²) in [5, 5.41) is 5.55. The molecular weight excluding hydrogens is 665 g/mol. The zero-order chi connectivity index (χ0) is 27.6. The van der Waals surface area contributed by atoms with E-state index in [4.69, 9.17) is 27.9 Å². The van der Waals surface area contributed by atoms with Crippen LogP contribution in [0.5, 0.6) is 5.75 Å². The number of hydrogen-bond donors (Lipinski definition) is 2. The minimum absolute atomic E-state index is 0.192. The third-order valence-electron chi connectivity index (χ3n) is 5.35. The van der Waals surface area contributed by atoms with Gasteiger partial charge in [0.15, 0.2) is 6.61 Å². The molecule has 5 amide bonds. The molecule has 0 aromatic heterocycles. The molecular formula is C26H17Br2Cl2N3O5. The van der Waals surface area contributed by atoms with Gasteiger partial charge in [0, 0.05) is 15.1 Å². The predicted molar refractivity (Wildman–Crippen MR) is 153 cm³/mol. The van der Waals surface area contributed by atoms with E-state index < -0.39 is 30.4 Å². The lowest BCUT2D eigenvalue weighted by Crippen LogP contribution is -2.54. The zero-order valence-electron chi connectivity index (χ0n) is 19.5. The lowest BCUT2D eigenvalue weighted by molar-refractivity contribution is -0.122. The van der Waals surface area contributed by atoms with Gasteiger partial charge in [0.25, 0.3) is 17.7 Å². The van der Waals surface area contributed by atoms with Gasteiger partial charge >= 0.3 is 6.03 Å². The van der Waals surface area contributed by atoms with Gasteiger partial charge in [-0.15, -0.1) is 0 Å². The number of amides is 5. The Bertz CT molecular complexity index is 1530. The maximum Gasteiger partial charge on any atom is 0.335 e. The summed E-state index contributed by atoms with van der Waals surface area (Å²) >= 11 is 19.0. The first kappa shape index (κ1) is 27.8. The van der Waals surface area contributed by atoms with E-state index in [2.05, 4.69) is 42.5 Å². The van der Waals surface area contributed by atoms with Crippen molar-refractivity contribution in [2.75, 3.05) is 16.8 Å². The molecule has 1 aliphatic rings. The summed E-state index contributed by atoms with van der Waals surface area (Å²) in [6.07, 6.45) is 1.28. The number of aryl methyl sites for hydroxylation is 1. The van der Waals surface area contributed by atoms with E-state index in [-0.39, 0.29) is 17.0 Å². The van der Waals surface area contributed by atoms with Crippen molar-refractivity contribution in [1.82, 2.24) is 5.32 Å². The monoisotopic (exact) mass is 679 g/mol. The SMILES string of the molecule is Cc1ccc(N2C(=O)NC(=O)/C(=C\c3cc(Br)cc(Br)c3OCC(=O)Nc3ccccc3Cl)C2=O)cc1Cl. The Morgan fingerprint density at radius 2 is 1.79 bits per heavy atom. The number of carbonyl (C=O) groups is 4. The number of imide groups is 2. The third-order valence-corrected chi connectivity index (χ3v) is 7.13. The number of benzene rings is 3. The standard InChI is InChI=1S/C26H17Br2Cl2N3O5/c1-13-6-7-16(11-20(13)30)33-25(36)17(24(35)32-26(33)37)9-14-8-15(27)10-18(28)23(14)38-12-22(34)31-21-5-3-2-4-19(21)29/h2-11H,12H2,1H3,(H,31,34)(H,32,35,37)/b17-9+. The molecule has 4 rings (SSSR count). The molecule has 3 aromatic carbocycles. The molecule has 38 heavy (non-hydrogen) atoms. The summed E-state index contributed by atoms with van der Waals surface area (Å²) < 4.78 is 6.81. The maximum absolute atomic E-state index is 13.3. The number of para-hydroxylation sites is 1. The fraction of sp³-hybridized carbons (Fsp3) is 0.0769. The van der Waals surface area contributed by atoms with Crippen LogP contribution in [0.1, 0.15) is 11.1 Å². The number of carbonyl (C=O) groups excluding carboxylic acids is 4. The van der Waals surface area contributed by atoms with Crippen LogP contribution in [0.2, 0.25) is 10.0 Å². The fourth-order valence-electron chi connectivity index (χ4n) is 3.49. The Balaban J connectivity index is 1.64. The second-order valence-corrected chi connectivity index (χ2v) is 10.6. The van der Waals surface area contributed by atoms with Gasteiger partial charge in [-0.3, -0.25) is 19.7 Å². The highest BCUT2D eigenvalue weighted by Crippen LogP contribution is 2.35. The van der Waals surface area contributed by atoms with Gasteiger partial charge in [-0.1, -0.05) is 57.3 Å². The number of barbiturate groups is 1. The van der Waals surface area contributed by atoms with E-state index in [1.54, 1.807) is 55.5 Å². The Kier molecular flexibility index (Phi) is 8.57. The second kappa shape index (κ2) is 11.7. The van der Waals surface area contributed by atoms with Crippen LogP contribution in [0.4, 0.5) is 16.2 Å². The van der Waals surface area contributed by atoms with Crippen molar-refractivity contribution < 1.29 is 23.9 Å². The largest absolute Gasteiger partial charge is 0.482 e. The minimum Gasteiger partial charge on any atom is -0.482 e. The highest BCUT2D eigenvalue weighted by molar-refractivity contribution is 9.11. The van der Waals surface area contributed by atoms with E-state index in [0.717, 1.165) is 10.5 Å². The molecule has 0 radical (unpaired) electrons. The topological polar surface area (TPSA) is 105 Å². The molecule has 0 unspecified atom stereocenters. The zero-order valence-corrected chi connectivity index (χ0v) is 24.2. The van der Waals surface area contributed by atoms with E-state index in [1.807, 2.05) is 0 Å². The molecule has 2 N–H and O–H groups in total. The first-order valence-corrected chi connectivity index (χ1v) is 13.2. The molecule has 3 aromatic rings. The van der Waals surface area contributed by atoms with E-state index >= 15 is 0 Å². The molecule has 8 nitrogen and oxygen atoms in total. The maximum atomic E-state index is 13.3. The Hall–Kier alpha value is -3.18.